The lowest BCUT2D eigenvalue weighted by Crippen LogP contribution is -2.24. The molecule has 0 fully saturated rings. The van der Waals surface area contributed by atoms with Gasteiger partial charge in [-0.3, -0.25) is 4.79 Å². The molecule has 0 aliphatic heterocycles. The summed E-state index contributed by atoms with van der Waals surface area (Å²) in [5.41, 5.74) is 0. The molecular weight excluding hydrogens is 130 g/mol. The van der Waals surface area contributed by atoms with Gasteiger partial charge in [-0.2, -0.15) is 0 Å². The summed E-state index contributed by atoms with van der Waals surface area (Å²) in [6, 6.07) is 0. The van der Waals surface area contributed by atoms with Gasteiger partial charge in [0.05, 0.1) is 0 Å². The molecule has 0 aromatic rings. The maximum Gasteiger partial charge on any atom is 0.312 e. The smallest absolute Gasteiger partial charge is 0.312 e. The first kappa shape index (κ1) is 9.43. The molecule has 0 saturated carbocycles. The highest BCUT2D eigenvalue weighted by molar-refractivity contribution is 5.47. The summed E-state index contributed by atoms with van der Waals surface area (Å²) in [5.74, 6) is 0. The molecular formula is C7H14NO2. The van der Waals surface area contributed by atoms with E-state index >= 15 is 0 Å². The highest BCUT2D eigenvalue weighted by Gasteiger charge is 1.98. The molecule has 0 aliphatic rings. The predicted octanol–water partition coefficient (Wildman–Crippen LogP) is 0.148. The van der Waals surface area contributed by atoms with Crippen molar-refractivity contribution in [3.8, 4) is 0 Å². The minimum atomic E-state index is 0.141. The second-order valence-corrected chi connectivity index (χ2v) is 2.16. The number of rotatable bonds is 6. The van der Waals surface area contributed by atoms with Gasteiger partial charge in [-0.05, 0) is 12.8 Å². The first-order chi connectivity index (χ1) is 4.85. The van der Waals surface area contributed by atoms with Crippen molar-refractivity contribution in [3.63, 3.8) is 0 Å². The summed E-state index contributed by atoms with van der Waals surface area (Å²) in [5, 5.41) is 8.42. The van der Waals surface area contributed by atoms with E-state index in [0.717, 1.165) is 13.0 Å². The van der Waals surface area contributed by atoms with E-state index in [1.807, 2.05) is 13.3 Å². The van der Waals surface area contributed by atoms with Gasteiger partial charge >= 0.3 is 6.41 Å². The Balaban J connectivity index is 3.29. The van der Waals surface area contributed by atoms with Crippen molar-refractivity contribution in [1.82, 2.24) is 4.90 Å². The summed E-state index contributed by atoms with van der Waals surface area (Å²) < 4.78 is 0. The lowest BCUT2D eigenvalue weighted by Gasteiger charge is -2.13. The van der Waals surface area contributed by atoms with Crippen LogP contribution < -0.4 is 0 Å². The van der Waals surface area contributed by atoms with Crippen LogP contribution in [0, 0.1) is 0 Å². The number of aliphatic hydroxyl groups excluding tert-OH is 1. The number of hydrogen-bond acceptors (Lipinski definition) is 2. The number of aliphatic hydroxyl groups is 1. The maximum absolute atomic E-state index is 10.1. The van der Waals surface area contributed by atoms with Crippen LogP contribution in [0.5, 0.6) is 0 Å². The van der Waals surface area contributed by atoms with Gasteiger partial charge < -0.3 is 10.0 Å². The predicted molar refractivity (Wildman–Crippen MR) is 39.3 cm³/mol. The first-order valence-corrected chi connectivity index (χ1v) is 3.58. The van der Waals surface area contributed by atoms with E-state index in [-0.39, 0.29) is 6.61 Å². The number of nitrogens with zero attached hydrogens (tertiary/aromatic N) is 1. The third-order valence-electron chi connectivity index (χ3n) is 1.21. The molecule has 0 unspecified atom stereocenters. The highest BCUT2D eigenvalue weighted by Crippen LogP contribution is 1.88. The SMILES string of the molecule is CCCN([C]=O)CCCO. The molecule has 0 aromatic carbocycles. The molecule has 1 amide bonds. The molecule has 1 radical (unpaired) electrons. The molecule has 0 aromatic heterocycles. The lowest BCUT2D eigenvalue weighted by molar-refractivity contribution is 0.263. The van der Waals surface area contributed by atoms with Crippen LogP contribution in [0.3, 0.4) is 0 Å². The van der Waals surface area contributed by atoms with Crippen LogP contribution in [-0.4, -0.2) is 36.1 Å². The minimum Gasteiger partial charge on any atom is -0.396 e. The molecule has 59 valence electrons. The summed E-state index contributed by atoms with van der Waals surface area (Å²) in [6.07, 6.45) is 3.40. The van der Waals surface area contributed by atoms with E-state index in [0.29, 0.717) is 13.0 Å². The first-order valence-electron chi connectivity index (χ1n) is 3.58. The van der Waals surface area contributed by atoms with Crippen molar-refractivity contribution in [1.29, 1.82) is 0 Å². The van der Waals surface area contributed by atoms with Crippen LogP contribution in [-0.2, 0) is 4.79 Å². The van der Waals surface area contributed by atoms with Gasteiger partial charge in [0.1, 0.15) is 0 Å². The fraction of sp³-hybridized carbons (Fsp3) is 0.857. The second kappa shape index (κ2) is 6.55. The quantitative estimate of drug-likeness (QED) is 0.539. The van der Waals surface area contributed by atoms with E-state index in [2.05, 4.69) is 0 Å². The van der Waals surface area contributed by atoms with Crippen LogP contribution in [0.1, 0.15) is 19.8 Å². The molecule has 0 rings (SSSR count). The number of hydrogen-bond donors (Lipinski definition) is 1. The van der Waals surface area contributed by atoms with Crippen LogP contribution in [0.25, 0.3) is 0 Å². The fourth-order valence-corrected chi connectivity index (χ4v) is 0.735. The molecule has 0 heterocycles. The van der Waals surface area contributed by atoms with E-state index in [9.17, 15) is 4.79 Å². The minimum absolute atomic E-state index is 0.141. The van der Waals surface area contributed by atoms with Crippen molar-refractivity contribution < 1.29 is 9.90 Å². The van der Waals surface area contributed by atoms with E-state index < -0.39 is 0 Å². The van der Waals surface area contributed by atoms with Gasteiger partial charge in [0, 0.05) is 19.7 Å². The zero-order valence-electron chi connectivity index (χ0n) is 6.34. The maximum atomic E-state index is 10.1. The average molecular weight is 144 g/mol. The van der Waals surface area contributed by atoms with Crippen LogP contribution in [0.15, 0.2) is 0 Å². The molecule has 3 heteroatoms. The standard InChI is InChI=1S/C7H14NO2/c1-2-4-8(7-10)5-3-6-9/h9H,2-6H2,1H3. The summed E-state index contributed by atoms with van der Waals surface area (Å²) in [7, 11) is 0. The van der Waals surface area contributed by atoms with Crippen LogP contribution in [0.2, 0.25) is 0 Å². The second-order valence-electron chi connectivity index (χ2n) is 2.16. The summed E-state index contributed by atoms with van der Waals surface area (Å²) >= 11 is 0. The van der Waals surface area contributed by atoms with Gasteiger partial charge in [0.2, 0.25) is 0 Å². The van der Waals surface area contributed by atoms with Crippen LogP contribution in [0.4, 0.5) is 0 Å². The van der Waals surface area contributed by atoms with Crippen molar-refractivity contribution in [3.05, 3.63) is 0 Å². The lowest BCUT2D eigenvalue weighted by atomic mass is 10.4. The number of carbonyl (C=O) groups excluding carboxylic acids is 1. The topological polar surface area (TPSA) is 40.5 Å². The normalized spacial score (nSPS) is 9.40. The molecule has 10 heavy (non-hydrogen) atoms. The summed E-state index contributed by atoms with van der Waals surface area (Å²) in [4.78, 5) is 11.7. The van der Waals surface area contributed by atoms with Gasteiger partial charge in [-0.1, -0.05) is 6.92 Å². The van der Waals surface area contributed by atoms with Crippen molar-refractivity contribution in [2.24, 2.45) is 0 Å². The van der Waals surface area contributed by atoms with Crippen LogP contribution >= 0.6 is 0 Å². The van der Waals surface area contributed by atoms with E-state index in [1.54, 1.807) is 4.90 Å². The molecule has 0 bridgehead atoms. The molecule has 0 spiro atoms. The zero-order valence-corrected chi connectivity index (χ0v) is 6.34. The van der Waals surface area contributed by atoms with Gasteiger partial charge in [0.25, 0.3) is 0 Å². The van der Waals surface area contributed by atoms with Gasteiger partial charge in [0.15, 0.2) is 0 Å². The van der Waals surface area contributed by atoms with Gasteiger partial charge in [-0.15, -0.1) is 0 Å². The Morgan fingerprint density at radius 3 is 2.60 bits per heavy atom. The van der Waals surface area contributed by atoms with Crippen molar-refractivity contribution in [2.45, 2.75) is 19.8 Å². The van der Waals surface area contributed by atoms with E-state index in [1.165, 1.54) is 0 Å². The Morgan fingerprint density at radius 2 is 2.20 bits per heavy atom. The molecule has 3 nitrogen and oxygen atoms in total. The Hall–Kier alpha value is -0.570. The van der Waals surface area contributed by atoms with Gasteiger partial charge in [-0.25, -0.2) is 0 Å². The third kappa shape index (κ3) is 4.32. The molecule has 0 aliphatic carbocycles. The van der Waals surface area contributed by atoms with Crippen molar-refractivity contribution in [2.75, 3.05) is 19.7 Å². The Labute approximate surface area is 61.6 Å². The third-order valence-corrected chi connectivity index (χ3v) is 1.21. The number of amides is 1. The molecule has 1 N–H and O–H groups in total. The molecule has 0 atom stereocenters. The largest absolute Gasteiger partial charge is 0.396 e. The monoisotopic (exact) mass is 144 g/mol. The van der Waals surface area contributed by atoms with E-state index in [4.69, 9.17) is 5.11 Å². The Morgan fingerprint density at radius 1 is 1.50 bits per heavy atom. The molecule has 0 saturated heterocycles. The summed E-state index contributed by atoms with van der Waals surface area (Å²) in [6.45, 7) is 3.50. The average Bonchev–Trinajstić information content (AvgIpc) is 1.98. The Bertz CT molecular complexity index is 85.7. The van der Waals surface area contributed by atoms with Crippen molar-refractivity contribution >= 4 is 6.41 Å². The fourth-order valence-electron chi connectivity index (χ4n) is 0.735. The highest BCUT2D eigenvalue weighted by atomic mass is 16.3. The zero-order chi connectivity index (χ0) is 7.82. The Kier molecular flexibility index (Phi) is 6.18.